The minimum atomic E-state index is -1.37. The van der Waals surface area contributed by atoms with Crippen molar-refractivity contribution in [3.8, 4) is 0 Å². The SMILES string of the molecule is CN(C)/[P+]([O-])=N/[PH4]. The number of hydrogen-bond donors (Lipinski definition) is 0. The summed E-state index contributed by atoms with van der Waals surface area (Å²) in [6, 6.07) is 0. The molecule has 7 heavy (non-hydrogen) atoms. The molecule has 0 saturated heterocycles. The molecule has 0 fully saturated rings. The van der Waals surface area contributed by atoms with Crippen molar-refractivity contribution >= 4 is 17.5 Å². The quantitative estimate of drug-likeness (QED) is 0.467. The van der Waals surface area contributed by atoms with Gasteiger partial charge in [-0.3, -0.25) is 0 Å². The fourth-order valence-corrected chi connectivity index (χ4v) is 1.61. The molecule has 0 aromatic carbocycles. The van der Waals surface area contributed by atoms with Crippen LogP contribution in [0.15, 0.2) is 4.52 Å². The van der Waals surface area contributed by atoms with Crippen LogP contribution in [0.1, 0.15) is 0 Å². The van der Waals surface area contributed by atoms with Gasteiger partial charge in [0, 0.05) is 0 Å². The first-order valence-electron chi connectivity index (χ1n) is 1.92. The molecule has 0 aromatic rings. The predicted octanol–water partition coefficient (Wildman–Crippen LogP) is -0.342. The fourth-order valence-electron chi connectivity index (χ4n) is 0.179. The Kier molecular flexibility index (Phi) is 3.67. The zero-order chi connectivity index (χ0) is 5.86. The number of nitrogens with zero attached hydrogens (tertiary/aromatic N) is 2. The van der Waals surface area contributed by atoms with Gasteiger partial charge in [0.25, 0.3) is 0 Å². The van der Waals surface area contributed by atoms with Crippen molar-refractivity contribution in [3.05, 3.63) is 0 Å². The van der Waals surface area contributed by atoms with Gasteiger partial charge in [-0.05, 0) is 0 Å². The van der Waals surface area contributed by atoms with Crippen LogP contribution in [0.4, 0.5) is 0 Å². The van der Waals surface area contributed by atoms with Gasteiger partial charge in [-0.25, -0.2) is 0 Å². The first-order valence-corrected chi connectivity index (χ1v) is 3.98. The summed E-state index contributed by atoms with van der Waals surface area (Å²) < 4.78 is 5.26. The van der Waals surface area contributed by atoms with Crippen LogP contribution in [0, 0.1) is 0 Å². The van der Waals surface area contributed by atoms with E-state index in [-0.39, 0.29) is 0 Å². The van der Waals surface area contributed by atoms with Crippen LogP contribution < -0.4 is 4.89 Å². The van der Waals surface area contributed by atoms with E-state index in [0.717, 1.165) is 0 Å². The summed E-state index contributed by atoms with van der Waals surface area (Å²) in [6.07, 6.45) is 0. The Morgan fingerprint density at radius 3 is 2.14 bits per heavy atom. The molecular weight excluding hydrogens is 130 g/mol. The van der Waals surface area contributed by atoms with Crippen LogP contribution in [-0.4, -0.2) is 18.8 Å². The zero-order valence-corrected chi connectivity index (χ0v) is 7.64. The van der Waals surface area contributed by atoms with Gasteiger partial charge in [0.1, 0.15) is 0 Å². The molecule has 0 aliphatic carbocycles. The Balaban J connectivity index is 3.56. The molecule has 0 aliphatic rings. The predicted molar refractivity (Wildman–Crippen MR) is 35.5 cm³/mol. The Hall–Kier alpha value is 0.450. The molecule has 0 aliphatic heterocycles. The fraction of sp³-hybridized carbons (Fsp3) is 1.00. The summed E-state index contributed by atoms with van der Waals surface area (Å²) in [5.41, 5.74) is 0. The normalized spacial score (nSPS) is 13.1. The summed E-state index contributed by atoms with van der Waals surface area (Å²) in [7, 11) is 2.80. The van der Waals surface area contributed by atoms with E-state index in [1.54, 1.807) is 18.8 Å². The summed E-state index contributed by atoms with van der Waals surface area (Å²) in [5, 5.41) is 0. The molecule has 0 spiro atoms. The molecule has 0 N–H and O–H groups in total. The Morgan fingerprint density at radius 2 is 2.14 bits per heavy atom. The average Bonchev–Trinajstić information content (AvgIpc) is 1.65. The van der Waals surface area contributed by atoms with Crippen LogP contribution >= 0.6 is 17.5 Å². The van der Waals surface area contributed by atoms with Crippen LogP contribution in [0.2, 0.25) is 0 Å². The molecule has 3 nitrogen and oxygen atoms in total. The van der Waals surface area contributed by atoms with Crippen molar-refractivity contribution in [1.82, 2.24) is 4.67 Å². The standard InChI is InChI=1S/C2H10N2OP2/c1-4(2)7(5)3-6/h1-2H3,6H4. The van der Waals surface area contributed by atoms with E-state index < -0.39 is 8.09 Å². The van der Waals surface area contributed by atoms with E-state index in [9.17, 15) is 4.89 Å². The molecule has 0 radical (unpaired) electrons. The molecule has 5 heteroatoms. The minimum absolute atomic E-state index is 0.670. The average molecular weight is 140 g/mol. The van der Waals surface area contributed by atoms with E-state index in [1.165, 1.54) is 0 Å². The van der Waals surface area contributed by atoms with Crippen LogP contribution in [-0.2, 0) is 0 Å². The third kappa shape index (κ3) is 3.07. The first kappa shape index (κ1) is 7.45. The van der Waals surface area contributed by atoms with Gasteiger partial charge in [0.05, 0.1) is 0 Å². The van der Waals surface area contributed by atoms with Gasteiger partial charge >= 0.3 is 45.7 Å². The van der Waals surface area contributed by atoms with Crippen molar-refractivity contribution < 1.29 is 4.89 Å². The molecule has 1 atom stereocenters. The van der Waals surface area contributed by atoms with Crippen molar-refractivity contribution in [2.45, 2.75) is 0 Å². The van der Waals surface area contributed by atoms with E-state index in [2.05, 4.69) is 4.52 Å². The van der Waals surface area contributed by atoms with Crippen molar-refractivity contribution in [3.63, 3.8) is 0 Å². The summed E-state index contributed by atoms with van der Waals surface area (Å²) in [5.74, 6) is 0. The Morgan fingerprint density at radius 1 is 1.71 bits per heavy atom. The van der Waals surface area contributed by atoms with Gasteiger partial charge in [0.2, 0.25) is 0 Å². The van der Waals surface area contributed by atoms with Crippen molar-refractivity contribution in [2.24, 2.45) is 4.52 Å². The third-order valence-corrected chi connectivity index (χ3v) is 2.57. The van der Waals surface area contributed by atoms with Gasteiger partial charge < -0.3 is 0 Å². The van der Waals surface area contributed by atoms with Crippen LogP contribution in [0.5, 0.6) is 0 Å². The zero-order valence-electron chi connectivity index (χ0n) is 4.75. The monoisotopic (exact) mass is 140 g/mol. The number of hydrogen-bond acceptors (Lipinski definition) is 2. The van der Waals surface area contributed by atoms with Crippen molar-refractivity contribution in [1.29, 1.82) is 0 Å². The van der Waals surface area contributed by atoms with E-state index in [0.29, 0.717) is 9.39 Å². The molecule has 0 saturated carbocycles. The third-order valence-electron chi connectivity index (χ3n) is 0.513. The molecule has 0 bridgehead atoms. The van der Waals surface area contributed by atoms with Crippen molar-refractivity contribution in [2.75, 3.05) is 14.1 Å². The summed E-state index contributed by atoms with van der Waals surface area (Å²) >= 11 is 0. The van der Waals surface area contributed by atoms with Gasteiger partial charge in [-0.2, -0.15) is 0 Å². The summed E-state index contributed by atoms with van der Waals surface area (Å²) in [6.45, 7) is 0. The molecule has 0 aromatic heterocycles. The Labute approximate surface area is 46.6 Å². The van der Waals surface area contributed by atoms with Gasteiger partial charge in [0.15, 0.2) is 0 Å². The number of rotatable bonds is 1. The maximum atomic E-state index is 10.5. The van der Waals surface area contributed by atoms with E-state index in [4.69, 9.17) is 0 Å². The molecule has 0 rings (SSSR count). The van der Waals surface area contributed by atoms with E-state index >= 15 is 0 Å². The molecular formula is C2H10N2OP2. The van der Waals surface area contributed by atoms with Gasteiger partial charge in [-0.15, -0.1) is 0 Å². The second-order valence-electron chi connectivity index (χ2n) is 1.30. The summed E-state index contributed by atoms with van der Waals surface area (Å²) in [4.78, 5) is 10.5. The topological polar surface area (TPSA) is 38.7 Å². The molecule has 1 unspecified atom stereocenters. The van der Waals surface area contributed by atoms with Gasteiger partial charge in [-0.1, -0.05) is 0 Å². The first-order chi connectivity index (χ1) is 3.18. The van der Waals surface area contributed by atoms with E-state index in [1.807, 2.05) is 0 Å². The van der Waals surface area contributed by atoms with Crippen LogP contribution in [0.3, 0.4) is 0 Å². The molecule has 44 valence electrons. The molecule has 0 amide bonds. The Bertz CT molecular complexity index is 81.8. The second kappa shape index (κ2) is 3.45. The maximum absolute atomic E-state index is 10.5. The second-order valence-corrected chi connectivity index (χ2v) is 4.21. The molecule has 0 heterocycles. The van der Waals surface area contributed by atoms with Crippen LogP contribution in [0.25, 0.3) is 0 Å².